The Balaban J connectivity index is 1.74. The quantitative estimate of drug-likeness (QED) is 0.917. The average Bonchev–Trinajstić information content (AvgIpc) is 3.01. The molecule has 2 aromatic heterocycles. The number of carbonyl (C=O) groups is 1. The Morgan fingerprint density at radius 2 is 2.05 bits per heavy atom. The van der Waals surface area contributed by atoms with Crippen LogP contribution in [0.25, 0.3) is 0 Å². The molecule has 2 aromatic rings. The van der Waals surface area contributed by atoms with Crippen LogP contribution in [0.4, 0.5) is 0 Å². The van der Waals surface area contributed by atoms with Gasteiger partial charge < -0.3 is 9.73 Å². The number of carbonyl (C=O) groups excluding carboxylic acids is 1. The van der Waals surface area contributed by atoms with E-state index in [1.54, 1.807) is 11.3 Å². The predicted molar refractivity (Wildman–Crippen MR) is 85.0 cm³/mol. The molecule has 1 unspecified atom stereocenters. The predicted octanol–water partition coefficient (Wildman–Crippen LogP) is 4.33. The summed E-state index contributed by atoms with van der Waals surface area (Å²) >= 11 is 1.65. The van der Waals surface area contributed by atoms with E-state index in [9.17, 15) is 4.79 Å². The van der Waals surface area contributed by atoms with Crippen molar-refractivity contribution in [1.82, 2.24) is 5.32 Å². The molecule has 0 spiro atoms. The van der Waals surface area contributed by atoms with Crippen LogP contribution in [0, 0.1) is 13.8 Å². The topological polar surface area (TPSA) is 42.2 Å². The molecule has 0 bridgehead atoms. The fourth-order valence-corrected chi connectivity index (χ4v) is 4.19. The fraction of sp³-hybridized carbons (Fsp3) is 0.471. The fourth-order valence-electron chi connectivity index (χ4n) is 3.03. The van der Waals surface area contributed by atoms with Gasteiger partial charge in [0.2, 0.25) is 0 Å². The number of amides is 1. The van der Waals surface area contributed by atoms with Crippen molar-refractivity contribution in [2.75, 3.05) is 0 Å². The summed E-state index contributed by atoms with van der Waals surface area (Å²) in [7, 11) is 0. The molecule has 1 amide bonds. The van der Waals surface area contributed by atoms with Gasteiger partial charge in [-0.3, -0.25) is 4.79 Å². The molecule has 1 atom stereocenters. The van der Waals surface area contributed by atoms with Gasteiger partial charge in [-0.15, -0.1) is 11.3 Å². The van der Waals surface area contributed by atoms with Crippen molar-refractivity contribution >= 4 is 17.2 Å². The Morgan fingerprint density at radius 3 is 2.71 bits per heavy atom. The van der Waals surface area contributed by atoms with Gasteiger partial charge in [-0.1, -0.05) is 0 Å². The van der Waals surface area contributed by atoms with E-state index in [0.29, 0.717) is 0 Å². The van der Waals surface area contributed by atoms with Crippen LogP contribution in [0.5, 0.6) is 0 Å². The molecular formula is C17H21NO2S. The van der Waals surface area contributed by atoms with Gasteiger partial charge in [-0.2, -0.15) is 0 Å². The van der Waals surface area contributed by atoms with Gasteiger partial charge in [-0.05, 0) is 64.2 Å². The van der Waals surface area contributed by atoms with Crippen molar-refractivity contribution in [3.05, 3.63) is 44.5 Å². The molecule has 112 valence electrons. The molecule has 0 aromatic carbocycles. The maximum Gasteiger partial charge on any atom is 0.261 e. The molecule has 4 heteroatoms. The number of aryl methyl sites for hydroxylation is 4. The second kappa shape index (κ2) is 5.68. The monoisotopic (exact) mass is 303 g/mol. The Bertz CT molecular complexity index is 645. The molecule has 0 fully saturated rings. The van der Waals surface area contributed by atoms with Crippen molar-refractivity contribution in [1.29, 1.82) is 0 Å². The van der Waals surface area contributed by atoms with Gasteiger partial charge in [0.25, 0.3) is 5.91 Å². The lowest BCUT2D eigenvalue weighted by atomic mass is 9.99. The van der Waals surface area contributed by atoms with Crippen LogP contribution in [0.1, 0.15) is 63.0 Å². The molecule has 0 aliphatic heterocycles. The van der Waals surface area contributed by atoms with Crippen LogP contribution < -0.4 is 5.32 Å². The average molecular weight is 303 g/mol. The normalized spacial score (nSPS) is 15.6. The molecule has 0 radical (unpaired) electrons. The first kappa shape index (κ1) is 14.4. The Hall–Kier alpha value is -1.55. The van der Waals surface area contributed by atoms with Gasteiger partial charge in [0, 0.05) is 10.4 Å². The third kappa shape index (κ3) is 2.91. The van der Waals surface area contributed by atoms with Crippen molar-refractivity contribution in [2.24, 2.45) is 0 Å². The van der Waals surface area contributed by atoms with E-state index in [1.807, 2.05) is 26.8 Å². The Labute approximate surface area is 129 Å². The van der Waals surface area contributed by atoms with Gasteiger partial charge in [-0.25, -0.2) is 0 Å². The zero-order valence-electron chi connectivity index (χ0n) is 12.8. The maximum atomic E-state index is 12.4. The maximum absolute atomic E-state index is 12.4. The first-order valence-electron chi connectivity index (χ1n) is 7.54. The van der Waals surface area contributed by atoms with Crippen molar-refractivity contribution in [3.8, 4) is 0 Å². The molecule has 3 rings (SSSR count). The van der Waals surface area contributed by atoms with E-state index >= 15 is 0 Å². The number of hydrogen-bond donors (Lipinski definition) is 1. The lowest BCUT2D eigenvalue weighted by Gasteiger charge is -2.12. The molecule has 1 N–H and O–H groups in total. The number of hydrogen-bond acceptors (Lipinski definition) is 3. The van der Waals surface area contributed by atoms with Crippen LogP contribution in [0.2, 0.25) is 0 Å². The van der Waals surface area contributed by atoms with E-state index in [2.05, 4.69) is 11.4 Å². The zero-order valence-corrected chi connectivity index (χ0v) is 13.6. The summed E-state index contributed by atoms with van der Waals surface area (Å²) in [6.45, 7) is 5.87. The highest BCUT2D eigenvalue weighted by Crippen LogP contribution is 2.30. The molecular weight excluding hydrogens is 282 g/mol. The largest absolute Gasteiger partial charge is 0.466 e. The van der Waals surface area contributed by atoms with Crippen LogP contribution in [0.3, 0.4) is 0 Å². The summed E-state index contributed by atoms with van der Waals surface area (Å²) in [5.74, 6) is 1.79. The van der Waals surface area contributed by atoms with Crippen LogP contribution in [-0.4, -0.2) is 5.91 Å². The number of nitrogens with one attached hydrogen (secondary N) is 1. The summed E-state index contributed by atoms with van der Waals surface area (Å²) in [6.07, 6.45) is 4.74. The van der Waals surface area contributed by atoms with Crippen molar-refractivity contribution < 1.29 is 9.21 Å². The summed E-state index contributed by atoms with van der Waals surface area (Å²) in [6, 6.07) is 4.04. The van der Waals surface area contributed by atoms with Gasteiger partial charge in [0.1, 0.15) is 11.5 Å². The molecule has 3 nitrogen and oxygen atoms in total. The van der Waals surface area contributed by atoms with Crippen molar-refractivity contribution in [2.45, 2.75) is 52.5 Å². The SMILES string of the molecule is Cc1cc(C(C)NC(=O)c2cc3c(s2)CCCC3)c(C)o1. The smallest absolute Gasteiger partial charge is 0.261 e. The minimum Gasteiger partial charge on any atom is -0.466 e. The van der Waals surface area contributed by atoms with E-state index in [4.69, 9.17) is 4.42 Å². The van der Waals surface area contributed by atoms with E-state index in [0.717, 1.165) is 34.8 Å². The second-order valence-corrected chi connectivity index (χ2v) is 6.97. The molecule has 0 saturated carbocycles. The highest BCUT2D eigenvalue weighted by atomic mass is 32.1. The minimum absolute atomic E-state index is 0.0279. The number of thiophene rings is 1. The van der Waals surface area contributed by atoms with Crippen LogP contribution >= 0.6 is 11.3 Å². The van der Waals surface area contributed by atoms with E-state index < -0.39 is 0 Å². The summed E-state index contributed by atoms with van der Waals surface area (Å²) in [4.78, 5) is 14.7. The van der Waals surface area contributed by atoms with Gasteiger partial charge in [0.15, 0.2) is 0 Å². The third-order valence-electron chi connectivity index (χ3n) is 4.11. The standard InChI is InChI=1S/C17H21NO2S/c1-10-8-14(12(3)20-10)11(2)18-17(19)16-9-13-6-4-5-7-15(13)21-16/h8-9,11H,4-7H2,1-3H3,(H,18,19). The Kier molecular flexibility index (Phi) is 3.89. The summed E-state index contributed by atoms with van der Waals surface area (Å²) in [5.41, 5.74) is 2.43. The molecule has 1 aliphatic rings. The molecule has 0 saturated heterocycles. The second-order valence-electron chi connectivity index (χ2n) is 5.83. The van der Waals surface area contributed by atoms with Gasteiger partial charge in [0.05, 0.1) is 10.9 Å². The van der Waals surface area contributed by atoms with E-state index in [-0.39, 0.29) is 11.9 Å². The third-order valence-corrected chi connectivity index (χ3v) is 5.35. The molecule has 21 heavy (non-hydrogen) atoms. The van der Waals surface area contributed by atoms with Gasteiger partial charge >= 0.3 is 0 Å². The minimum atomic E-state index is -0.0333. The highest BCUT2D eigenvalue weighted by Gasteiger charge is 2.20. The lowest BCUT2D eigenvalue weighted by Crippen LogP contribution is -2.26. The van der Waals surface area contributed by atoms with Crippen LogP contribution in [0.15, 0.2) is 16.5 Å². The summed E-state index contributed by atoms with van der Waals surface area (Å²) < 4.78 is 5.54. The van der Waals surface area contributed by atoms with E-state index in [1.165, 1.54) is 23.3 Å². The van der Waals surface area contributed by atoms with Crippen molar-refractivity contribution in [3.63, 3.8) is 0 Å². The summed E-state index contributed by atoms with van der Waals surface area (Å²) in [5, 5.41) is 3.09. The molecule has 1 aliphatic carbocycles. The first-order valence-corrected chi connectivity index (χ1v) is 8.35. The zero-order chi connectivity index (χ0) is 15.0. The first-order chi connectivity index (χ1) is 10.0. The number of furan rings is 1. The van der Waals surface area contributed by atoms with Crippen LogP contribution in [-0.2, 0) is 12.8 Å². The number of rotatable bonds is 3. The Morgan fingerprint density at radius 1 is 1.29 bits per heavy atom. The lowest BCUT2D eigenvalue weighted by molar-refractivity contribution is 0.0944. The highest BCUT2D eigenvalue weighted by molar-refractivity contribution is 7.14. The molecule has 2 heterocycles. The number of fused-ring (bicyclic) bond motifs is 1.